The van der Waals surface area contributed by atoms with Gasteiger partial charge in [-0.15, -0.1) is 0 Å². The highest BCUT2D eigenvalue weighted by Gasteiger charge is 2.37. The van der Waals surface area contributed by atoms with Crippen LogP contribution in [0.15, 0.2) is 53.5 Å². The van der Waals surface area contributed by atoms with Gasteiger partial charge in [0.2, 0.25) is 0 Å². The fourth-order valence-corrected chi connectivity index (χ4v) is 2.87. The number of hydrogen-bond acceptors (Lipinski definition) is 3. The van der Waals surface area contributed by atoms with E-state index in [0.29, 0.717) is 0 Å². The smallest absolute Gasteiger partial charge is 0.176 e. The lowest BCUT2D eigenvalue weighted by Crippen LogP contribution is -2.14. The molecule has 1 aliphatic rings. The summed E-state index contributed by atoms with van der Waals surface area (Å²) in [7, 11) is 1.64. The van der Waals surface area contributed by atoms with Crippen molar-refractivity contribution in [2.45, 2.75) is 19.3 Å². The van der Waals surface area contributed by atoms with Gasteiger partial charge in [-0.1, -0.05) is 43.3 Å². The van der Waals surface area contributed by atoms with Crippen molar-refractivity contribution in [3.8, 4) is 5.75 Å². The number of aliphatic imine (C=N–C) groups is 1. The van der Waals surface area contributed by atoms with Crippen molar-refractivity contribution < 1.29 is 9.53 Å². The van der Waals surface area contributed by atoms with Crippen molar-refractivity contribution in [2.24, 2.45) is 4.99 Å². The van der Waals surface area contributed by atoms with Crippen molar-refractivity contribution in [2.75, 3.05) is 13.7 Å². The molecule has 0 saturated carbocycles. The Balaban J connectivity index is 2.07. The zero-order valence-electron chi connectivity index (χ0n) is 12.9. The predicted octanol–water partition coefficient (Wildman–Crippen LogP) is 3.87. The Hall–Kier alpha value is -2.42. The van der Waals surface area contributed by atoms with Crippen molar-refractivity contribution in [3.63, 3.8) is 0 Å². The van der Waals surface area contributed by atoms with Crippen LogP contribution in [0.2, 0.25) is 0 Å². The van der Waals surface area contributed by atoms with E-state index in [-0.39, 0.29) is 11.7 Å². The van der Waals surface area contributed by atoms with Gasteiger partial charge in [-0.25, -0.2) is 0 Å². The molecule has 0 bridgehead atoms. The van der Waals surface area contributed by atoms with Gasteiger partial charge in [-0.3, -0.25) is 9.79 Å². The standard InChI is InChI=1S/C19H19NO2/c1-3-12-20-18-15-6-4-5-7-16(15)19(21)17(18)13-8-10-14(22-2)11-9-13/h4-11,17H,3,12H2,1-2H3. The van der Waals surface area contributed by atoms with Crippen LogP contribution in [-0.2, 0) is 0 Å². The van der Waals surface area contributed by atoms with Crippen LogP contribution in [0.1, 0.15) is 40.7 Å². The van der Waals surface area contributed by atoms with E-state index >= 15 is 0 Å². The number of carbonyl (C=O) groups excluding carboxylic acids is 1. The van der Waals surface area contributed by atoms with E-state index in [1.165, 1.54) is 0 Å². The number of rotatable bonds is 4. The molecule has 0 fully saturated rings. The molecule has 3 heteroatoms. The summed E-state index contributed by atoms with van der Waals surface area (Å²) in [6, 6.07) is 15.4. The first-order chi connectivity index (χ1) is 10.8. The lowest BCUT2D eigenvalue weighted by atomic mass is 9.93. The number of ether oxygens (including phenoxy) is 1. The lowest BCUT2D eigenvalue weighted by Gasteiger charge is -2.12. The molecule has 2 aromatic rings. The summed E-state index contributed by atoms with van der Waals surface area (Å²) in [5.41, 5.74) is 3.62. The Morgan fingerprint density at radius 1 is 1.05 bits per heavy atom. The summed E-state index contributed by atoms with van der Waals surface area (Å²) in [5.74, 6) is 0.629. The Kier molecular flexibility index (Phi) is 4.05. The minimum Gasteiger partial charge on any atom is -0.497 e. The number of benzene rings is 2. The summed E-state index contributed by atoms with van der Waals surface area (Å²) in [4.78, 5) is 17.5. The van der Waals surface area contributed by atoms with Gasteiger partial charge in [-0.05, 0) is 24.1 Å². The number of Topliss-reactive ketones (excluding diaryl/α,β-unsaturated/α-hetero) is 1. The summed E-state index contributed by atoms with van der Waals surface area (Å²) in [6.07, 6.45) is 0.967. The molecular formula is C19H19NO2. The minimum atomic E-state index is -0.296. The van der Waals surface area contributed by atoms with Gasteiger partial charge in [0, 0.05) is 17.7 Å². The number of nitrogens with zero attached hydrogens (tertiary/aromatic N) is 1. The second-order valence-electron chi connectivity index (χ2n) is 5.38. The maximum Gasteiger partial charge on any atom is 0.176 e. The molecule has 22 heavy (non-hydrogen) atoms. The highest BCUT2D eigenvalue weighted by Crippen LogP contribution is 2.35. The van der Waals surface area contributed by atoms with E-state index in [2.05, 4.69) is 6.92 Å². The Labute approximate surface area is 130 Å². The van der Waals surface area contributed by atoms with E-state index in [1.54, 1.807) is 7.11 Å². The van der Waals surface area contributed by atoms with Crippen LogP contribution >= 0.6 is 0 Å². The van der Waals surface area contributed by atoms with Crippen LogP contribution in [0.3, 0.4) is 0 Å². The zero-order valence-corrected chi connectivity index (χ0v) is 12.9. The molecule has 0 radical (unpaired) electrons. The lowest BCUT2D eigenvalue weighted by molar-refractivity contribution is 0.0988. The SMILES string of the molecule is CCCN=C1c2ccccc2C(=O)C1c1ccc(OC)cc1. The second kappa shape index (κ2) is 6.14. The molecule has 1 aliphatic carbocycles. The maximum absolute atomic E-state index is 12.8. The first kappa shape index (κ1) is 14.5. The summed E-state index contributed by atoms with van der Waals surface area (Å²) < 4.78 is 5.20. The molecule has 0 spiro atoms. The van der Waals surface area contributed by atoms with E-state index in [0.717, 1.165) is 41.1 Å². The van der Waals surface area contributed by atoms with Crippen LogP contribution in [0, 0.1) is 0 Å². The van der Waals surface area contributed by atoms with Crippen LogP contribution in [0.25, 0.3) is 0 Å². The topological polar surface area (TPSA) is 38.7 Å². The van der Waals surface area contributed by atoms with Crippen molar-refractivity contribution >= 4 is 11.5 Å². The highest BCUT2D eigenvalue weighted by molar-refractivity contribution is 6.31. The second-order valence-corrected chi connectivity index (χ2v) is 5.38. The number of hydrogen-bond donors (Lipinski definition) is 0. The molecule has 0 heterocycles. The monoisotopic (exact) mass is 293 g/mol. The number of carbonyl (C=O) groups is 1. The van der Waals surface area contributed by atoms with E-state index < -0.39 is 0 Å². The minimum absolute atomic E-state index is 0.135. The number of methoxy groups -OCH3 is 1. The normalized spacial score (nSPS) is 18.5. The number of ketones is 1. The maximum atomic E-state index is 12.8. The van der Waals surface area contributed by atoms with Gasteiger partial charge in [0.05, 0.1) is 18.7 Å². The average Bonchev–Trinajstić information content (AvgIpc) is 2.86. The molecule has 2 aromatic carbocycles. The van der Waals surface area contributed by atoms with Gasteiger partial charge in [0.25, 0.3) is 0 Å². The Morgan fingerprint density at radius 2 is 1.73 bits per heavy atom. The van der Waals surface area contributed by atoms with Crippen LogP contribution in [0.4, 0.5) is 0 Å². The van der Waals surface area contributed by atoms with E-state index in [4.69, 9.17) is 9.73 Å². The largest absolute Gasteiger partial charge is 0.497 e. The fraction of sp³-hybridized carbons (Fsp3) is 0.263. The molecule has 0 saturated heterocycles. The van der Waals surface area contributed by atoms with Crippen molar-refractivity contribution in [3.05, 3.63) is 65.2 Å². The summed E-state index contributed by atoms with van der Waals surface area (Å²) in [6.45, 7) is 2.83. The molecule has 0 N–H and O–H groups in total. The van der Waals surface area contributed by atoms with Crippen molar-refractivity contribution in [1.29, 1.82) is 0 Å². The number of fused-ring (bicyclic) bond motifs is 1. The van der Waals surface area contributed by atoms with Crippen LogP contribution < -0.4 is 4.74 Å². The highest BCUT2D eigenvalue weighted by atomic mass is 16.5. The molecule has 0 aliphatic heterocycles. The first-order valence-electron chi connectivity index (χ1n) is 7.58. The van der Waals surface area contributed by atoms with Crippen LogP contribution in [-0.4, -0.2) is 25.1 Å². The predicted molar refractivity (Wildman–Crippen MR) is 88.2 cm³/mol. The molecule has 1 atom stereocenters. The molecular weight excluding hydrogens is 274 g/mol. The van der Waals surface area contributed by atoms with Gasteiger partial charge >= 0.3 is 0 Å². The van der Waals surface area contributed by atoms with Crippen molar-refractivity contribution in [1.82, 2.24) is 0 Å². The molecule has 112 valence electrons. The van der Waals surface area contributed by atoms with Gasteiger partial charge in [0.1, 0.15) is 5.75 Å². The molecule has 0 aromatic heterocycles. The Bertz CT molecular complexity index is 716. The summed E-state index contributed by atoms with van der Waals surface area (Å²) in [5, 5.41) is 0. The third kappa shape index (κ3) is 2.43. The fourth-order valence-electron chi connectivity index (χ4n) is 2.87. The molecule has 3 nitrogen and oxygen atoms in total. The van der Waals surface area contributed by atoms with E-state index in [1.807, 2.05) is 48.5 Å². The quantitative estimate of drug-likeness (QED) is 0.858. The van der Waals surface area contributed by atoms with Gasteiger partial charge < -0.3 is 4.74 Å². The van der Waals surface area contributed by atoms with Crippen LogP contribution in [0.5, 0.6) is 5.75 Å². The molecule has 3 rings (SSSR count). The summed E-state index contributed by atoms with van der Waals surface area (Å²) >= 11 is 0. The first-order valence-corrected chi connectivity index (χ1v) is 7.58. The molecule has 0 amide bonds. The third-order valence-electron chi connectivity index (χ3n) is 3.96. The Morgan fingerprint density at radius 3 is 2.36 bits per heavy atom. The zero-order chi connectivity index (χ0) is 15.5. The molecule has 1 unspecified atom stereocenters. The van der Waals surface area contributed by atoms with Gasteiger partial charge in [0.15, 0.2) is 5.78 Å². The van der Waals surface area contributed by atoms with Gasteiger partial charge in [-0.2, -0.15) is 0 Å². The van der Waals surface area contributed by atoms with E-state index in [9.17, 15) is 4.79 Å². The third-order valence-corrected chi connectivity index (χ3v) is 3.96. The average molecular weight is 293 g/mol.